The zero-order valence-electron chi connectivity index (χ0n) is 33.2. The van der Waals surface area contributed by atoms with Gasteiger partial charge in [0.2, 0.25) is 17.1 Å². The Morgan fingerprint density at radius 2 is 1.20 bits per heavy atom. The molecule has 59 heavy (non-hydrogen) atoms. The van der Waals surface area contributed by atoms with Crippen molar-refractivity contribution in [3.05, 3.63) is 142 Å². The Kier molecular flexibility index (Phi) is 12.1. The molecule has 0 aliphatic carbocycles. The summed E-state index contributed by atoms with van der Waals surface area (Å²) >= 11 is 2.84. The minimum atomic E-state index is -0.334. The Labute approximate surface area is 351 Å². The highest BCUT2D eigenvalue weighted by molar-refractivity contribution is 7.10. The van der Waals surface area contributed by atoms with E-state index >= 15 is 0 Å². The van der Waals surface area contributed by atoms with Gasteiger partial charge in [0.1, 0.15) is 17.5 Å². The first kappa shape index (κ1) is 39.9. The molecule has 0 N–H and O–H groups in total. The molecular formula is C44H45FN8O4S2. The molecule has 1 atom stereocenters. The predicted molar refractivity (Wildman–Crippen MR) is 228 cm³/mol. The number of nitrogens with zero attached hydrogens (tertiary/aromatic N) is 8. The van der Waals surface area contributed by atoms with Gasteiger partial charge in [-0.15, -0.1) is 0 Å². The van der Waals surface area contributed by atoms with Gasteiger partial charge in [-0.25, -0.2) is 14.4 Å². The number of ether oxygens (including phenoxy) is 2. The third-order valence-electron chi connectivity index (χ3n) is 10.6. The largest absolute Gasteiger partial charge is 0.454 e. The molecule has 304 valence electrons. The molecule has 2 amide bonds. The van der Waals surface area contributed by atoms with E-state index in [1.807, 2.05) is 4.90 Å². The number of halogens is 1. The van der Waals surface area contributed by atoms with E-state index in [0.29, 0.717) is 55.3 Å². The highest BCUT2D eigenvalue weighted by atomic mass is 32.1. The molecule has 2 fully saturated rings. The van der Waals surface area contributed by atoms with Gasteiger partial charge < -0.3 is 29.1 Å². The van der Waals surface area contributed by atoms with Crippen LogP contribution in [0.3, 0.4) is 0 Å². The quantitative estimate of drug-likeness (QED) is 0.158. The maximum Gasteiger partial charge on any atom is 0.254 e. The molecule has 5 heterocycles. The third kappa shape index (κ3) is 9.69. The van der Waals surface area contributed by atoms with Gasteiger partial charge >= 0.3 is 0 Å². The summed E-state index contributed by atoms with van der Waals surface area (Å²) in [5.74, 6) is 2.61. The molecule has 4 aromatic carbocycles. The molecule has 6 aromatic rings. The minimum Gasteiger partial charge on any atom is -0.454 e. The van der Waals surface area contributed by atoms with E-state index in [1.54, 1.807) is 23.1 Å². The number of benzene rings is 4. The van der Waals surface area contributed by atoms with Crippen LogP contribution in [0.1, 0.15) is 61.5 Å². The summed E-state index contributed by atoms with van der Waals surface area (Å²) in [5, 5.41) is 1.82. The molecule has 2 saturated heterocycles. The number of amides is 2. The summed E-state index contributed by atoms with van der Waals surface area (Å²) in [6.07, 6.45) is 1.45. The first-order chi connectivity index (χ1) is 28.6. The van der Waals surface area contributed by atoms with Crippen molar-refractivity contribution in [2.45, 2.75) is 39.7 Å². The van der Waals surface area contributed by atoms with Crippen LogP contribution in [0.25, 0.3) is 0 Å². The zero-order valence-corrected chi connectivity index (χ0v) is 34.8. The van der Waals surface area contributed by atoms with Gasteiger partial charge in [0.05, 0.1) is 0 Å². The van der Waals surface area contributed by atoms with E-state index in [0.717, 1.165) is 47.8 Å². The number of rotatable bonds is 8. The highest BCUT2D eigenvalue weighted by Gasteiger charge is 2.31. The van der Waals surface area contributed by atoms with Crippen LogP contribution in [-0.2, 0) is 12.8 Å². The number of aromatic nitrogens is 4. The van der Waals surface area contributed by atoms with E-state index in [2.05, 4.69) is 92.8 Å². The maximum absolute atomic E-state index is 13.1. The van der Waals surface area contributed by atoms with Crippen LogP contribution in [0.5, 0.6) is 11.5 Å². The summed E-state index contributed by atoms with van der Waals surface area (Å²) in [6, 6.07) is 28.0. The van der Waals surface area contributed by atoms with Crippen molar-refractivity contribution in [1.29, 1.82) is 0 Å². The monoisotopic (exact) mass is 832 g/mol. The average molecular weight is 833 g/mol. The van der Waals surface area contributed by atoms with Crippen molar-refractivity contribution in [3.63, 3.8) is 0 Å². The topological polar surface area (TPSA) is 117 Å². The van der Waals surface area contributed by atoms with Crippen molar-refractivity contribution < 1.29 is 23.5 Å². The number of hydrogen-bond acceptors (Lipinski definition) is 12. The summed E-state index contributed by atoms with van der Waals surface area (Å²) in [7, 11) is 0. The van der Waals surface area contributed by atoms with E-state index in [4.69, 9.17) is 14.5 Å². The van der Waals surface area contributed by atoms with Crippen LogP contribution < -0.4 is 19.3 Å². The first-order valence-electron chi connectivity index (χ1n) is 19.7. The highest BCUT2D eigenvalue weighted by Crippen LogP contribution is 2.33. The van der Waals surface area contributed by atoms with Crippen LogP contribution in [0, 0.1) is 19.7 Å². The van der Waals surface area contributed by atoms with Gasteiger partial charge in [-0.05, 0) is 74.4 Å². The second-order valence-corrected chi connectivity index (χ2v) is 16.4. The number of fused-ring (bicyclic) bond motifs is 1. The Morgan fingerprint density at radius 1 is 0.661 bits per heavy atom. The van der Waals surface area contributed by atoms with Gasteiger partial charge in [0, 0.05) is 98.9 Å². The SMILES string of the molecule is Cc1ccc(Cc2nsc(N3CCN(C(=O)c4ccc(F)cc4)CC3)n2)cc1.Cc1ccc(Cc2nsc(N3CCN(C(=O)c4ccc5c(c4)OCO5)C(C)C3)n2)cc1. The molecule has 0 saturated carbocycles. The average Bonchev–Trinajstić information content (AvgIpc) is 4.05. The molecule has 3 aliphatic rings. The number of piperazine rings is 2. The van der Waals surface area contributed by atoms with Gasteiger partial charge in [0.25, 0.3) is 11.8 Å². The predicted octanol–water partition coefficient (Wildman–Crippen LogP) is 7.06. The summed E-state index contributed by atoms with van der Waals surface area (Å²) in [5.41, 5.74) is 6.04. The lowest BCUT2D eigenvalue weighted by Gasteiger charge is -2.39. The molecule has 0 spiro atoms. The fourth-order valence-corrected chi connectivity index (χ4v) is 8.63. The van der Waals surface area contributed by atoms with Crippen LogP contribution in [0.4, 0.5) is 14.7 Å². The van der Waals surface area contributed by atoms with Crippen molar-refractivity contribution in [2.75, 3.05) is 62.4 Å². The van der Waals surface area contributed by atoms with Gasteiger partial charge in [0.15, 0.2) is 11.5 Å². The van der Waals surface area contributed by atoms with Gasteiger partial charge in [-0.1, -0.05) is 59.7 Å². The standard InChI is InChI=1S/C23H24N4O3S.C21H21FN4OS/c1-15-3-5-17(6-4-15)11-21-24-23(31-25-21)26-9-10-27(16(2)13-26)22(28)18-7-8-19-20(12-18)30-14-29-19;1-15-2-4-16(5-3-15)14-19-23-21(28-24-19)26-12-10-25(11-13-26)20(27)17-6-8-18(22)9-7-17/h3-8,12,16H,9-11,13-14H2,1-2H3;2-9H,10-14H2,1H3. The lowest BCUT2D eigenvalue weighted by atomic mass is 10.1. The van der Waals surface area contributed by atoms with Gasteiger partial charge in [-0.3, -0.25) is 9.59 Å². The van der Waals surface area contributed by atoms with Gasteiger partial charge in [-0.2, -0.15) is 8.75 Å². The molecular weight excluding hydrogens is 788 g/mol. The van der Waals surface area contributed by atoms with Crippen molar-refractivity contribution in [3.8, 4) is 11.5 Å². The molecule has 15 heteroatoms. The Morgan fingerprint density at radius 3 is 1.80 bits per heavy atom. The third-order valence-corrected chi connectivity index (χ3v) is 12.2. The zero-order chi connectivity index (χ0) is 40.9. The second-order valence-electron chi connectivity index (χ2n) is 15.0. The summed E-state index contributed by atoms with van der Waals surface area (Å²) in [4.78, 5) is 43.2. The molecule has 0 bridgehead atoms. The van der Waals surface area contributed by atoms with E-state index < -0.39 is 0 Å². The fourth-order valence-electron chi connectivity index (χ4n) is 7.17. The molecule has 3 aliphatic heterocycles. The van der Waals surface area contributed by atoms with Crippen molar-refractivity contribution in [1.82, 2.24) is 28.5 Å². The minimum absolute atomic E-state index is 0.0165. The summed E-state index contributed by atoms with van der Waals surface area (Å²) in [6.45, 7) is 11.2. The van der Waals surface area contributed by atoms with Crippen LogP contribution in [0.15, 0.2) is 91.0 Å². The van der Waals surface area contributed by atoms with E-state index in [1.165, 1.54) is 69.6 Å². The lowest BCUT2D eigenvalue weighted by molar-refractivity contribution is 0.0673. The Bertz CT molecular complexity index is 2380. The molecule has 0 radical (unpaired) electrons. The fraction of sp³-hybridized carbons (Fsp3) is 0.318. The number of carbonyl (C=O) groups is 2. The number of carbonyl (C=O) groups excluding carboxylic acids is 2. The molecule has 12 nitrogen and oxygen atoms in total. The lowest BCUT2D eigenvalue weighted by Crippen LogP contribution is -2.54. The van der Waals surface area contributed by atoms with Crippen molar-refractivity contribution >= 4 is 45.1 Å². The number of anilines is 2. The normalized spacial score (nSPS) is 16.2. The van der Waals surface area contributed by atoms with E-state index in [9.17, 15) is 14.0 Å². The van der Waals surface area contributed by atoms with Crippen LogP contribution >= 0.6 is 23.1 Å². The molecule has 9 rings (SSSR count). The molecule has 1 unspecified atom stereocenters. The number of aryl methyl sites for hydroxylation is 2. The summed E-state index contributed by atoms with van der Waals surface area (Å²) < 4.78 is 32.8. The Balaban J connectivity index is 0.000000165. The first-order valence-corrected chi connectivity index (χ1v) is 21.2. The van der Waals surface area contributed by atoms with Crippen molar-refractivity contribution in [2.24, 2.45) is 0 Å². The second kappa shape index (κ2) is 17.9. The van der Waals surface area contributed by atoms with E-state index in [-0.39, 0.29) is 30.5 Å². The Hall–Kier alpha value is -5.93. The number of hydrogen-bond donors (Lipinski definition) is 0. The smallest absolute Gasteiger partial charge is 0.254 e. The molecule has 2 aromatic heterocycles. The van der Waals surface area contributed by atoms with Crippen LogP contribution in [-0.4, -0.2) is 99.0 Å². The van der Waals surface area contributed by atoms with Crippen LogP contribution in [0.2, 0.25) is 0 Å². The maximum atomic E-state index is 13.1.